The highest BCUT2D eigenvalue weighted by Crippen LogP contribution is 2.35. The summed E-state index contributed by atoms with van der Waals surface area (Å²) in [5, 5.41) is 14.7. The van der Waals surface area contributed by atoms with E-state index in [1.165, 1.54) is 0 Å². The van der Waals surface area contributed by atoms with Crippen molar-refractivity contribution in [2.24, 2.45) is 5.11 Å². The largest absolute Gasteiger partial charge is 0.387 e. The Balaban J connectivity index is 1.55. The summed E-state index contributed by atoms with van der Waals surface area (Å²) in [5.74, 6) is 0. The highest BCUT2D eigenvalue weighted by Gasteiger charge is 2.55. The van der Waals surface area contributed by atoms with E-state index in [9.17, 15) is 5.11 Å². The van der Waals surface area contributed by atoms with Gasteiger partial charge in [-0.25, -0.2) is 0 Å². The summed E-state index contributed by atoms with van der Waals surface area (Å²) in [6.07, 6.45) is -3.60. The maximum absolute atomic E-state index is 10.8. The number of ether oxygens (including phenoxy) is 4. The number of aliphatic hydroxyl groups is 1. The van der Waals surface area contributed by atoms with Crippen LogP contribution >= 0.6 is 0 Å². The zero-order chi connectivity index (χ0) is 20.1. The van der Waals surface area contributed by atoms with Crippen LogP contribution in [0.4, 0.5) is 0 Å². The van der Waals surface area contributed by atoms with E-state index < -0.39 is 36.6 Å². The highest BCUT2D eigenvalue weighted by atomic mass is 16.7. The van der Waals surface area contributed by atoms with Crippen molar-refractivity contribution in [1.29, 1.82) is 0 Å². The van der Waals surface area contributed by atoms with Crippen LogP contribution in [0, 0.1) is 0 Å². The first-order valence-electron chi connectivity index (χ1n) is 9.54. The van der Waals surface area contributed by atoms with Gasteiger partial charge in [0.25, 0.3) is 0 Å². The molecule has 6 atom stereocenters. The van der Waals surface area contributed by atoms with Crippen molar-refractivity contribution in [2.45, 2.75) is 49.8 Å². The molecule has 29 heavy (non-hydrogen) atoms. The van der Waals surface area contributed by atoms with Gasteiger partial charge in [0.1, 0.15) is 25.1 Å². The predicted octanol–water partition coefficient (Wildman–Crippen LogP) is 2.95. The summed E-state index contributed by atoms with van der Waals surface area (Å²) >= 11 is 0. The van der Waals surface area contributed by atoms with E-state index in [0.29, 0.717) is 13.2 Å². The lowest BCUT2D eigenvalue weighted by Crippen LogP contribution is -2.68. The number of benzene rings is 2. The van der Waals surface area contributed by atoms with Gasteiger partial charge < -0.3 is 24.1 Å². The molecule has 1 N–H and O–H groups in total. The minimum atomic E-state index is -0.949. The molecule has 0 spiro atoms. The lowest BCUT2D eigenvalue weighted by atomic mass is 9.82. The van der Waals surface area contributed by atoms with Gasteiger partial charge in [0.15, 0.2) is 0 Å². The zero-order valence-electron chi connectivity index (χ0n) is 15.8. The Labute approximate surface area is 168 Å². The van der Waals surface area contributed by atoms with Crippen LogP contribution in [-0.4, -0.2) is 48.5 Å². The minimum absolute atomic E-state index is 0.0196. The molecule has 1 saturated carbocycles. The standard InChI is InChI=1S/C21H23N3O5/c22-24-23-16-18(26-11-14-7-3-1-4-8-14)20-17(25)21(29-13-28-20)19(16)27-12-15-9-5-2-6-10-15/h1-10,16-21,25H,11-13H2/t16?,17?,18-,19+,20-,21+. The molecule has 2 aromatic rings. The smallest absolute Gasteiger partial charge is 0.148 e. The summed E-state index contributed by atoms with van der Waals surface area (Å²) in [4.78, 5) is 2.99. The first kappa shape index (κ1) is 19.8. The first-order chi connectivity index (χ1) is 14.3. The summed E-state index contributed by atoms with van der Waals surface area (Å²) in [6, 6.07) is 18.6. The molecular formula is C21H23N3O5. The molecular weight excluding hydrogens is 374 g/mol. The van der Waals surface area contributed by atoms with Gasteiger partial charge in [-0.05, 0) is 16.7 Å². The van der Waals surface area contributed by atoms with Crippen molar-refractivity contribution in [3.8, 4) is 0 Å². The molecule has 0 aromatic heterocycles. The van der Waals surface area contributed by atoms with Crippen LogP contribution in [-0.2, 0) is 32.2 Å². The molecule has 0 radical (unpaired) electrons. The Morgan fingerprint density at radius 1 is 0.897 bits per heavy atom. The van der Waals surface area contributed by atoms with Gasteiger partial charge in [-0.15, -0.1) is 0 Å². The van der Waals surface area contributed by atoms with Crippen molar-refractivity contribution in [3.63, 3.8) is 0 Å². The number of fused-ring (bicyclic) bond motifs is 2. The number of azide groups is 1. The van der Waals surface area contributed by atoms with Crippen molar-refractivity contribution in [1.82, 2.24) is 0 Å². The second kappa shape index (κ2) is 9.37. The van der Waals surface area contributed by atoms with Gasteiger partial charge >= 0.3 is 0 Å². The number of nitrogens with zero attached hydrogens (tertiary/aromatic N) is 3. The molecule has 2 aliphatic rings. The molecule has 1 saturated heterocycles. The first-order valence-corrected chi connectivity index (χ1v) is 9.54. The number of hydrogen-bond acceptors (Lipinski definition) is 6. The fourth-order valence-corrected chi connectivity index (χ4v) is 3.85. The number of hydrogen-bond donors (Lipinski definition) is 1. The summed E-state index contributed by atoms with van der Waals surface area (Å²) in [6.45, 7) is 0.616. The number of aliphatic hydroxyl groups excluding tert-OH is 1. The minimum Gasteiger partial charge on any atom is -0.387 e. The molecule has 1 aliphatic heterocycles. The van der Waals surface area contributed by atoms with Crippen LogP contribution < -0.4 is 0 Å². The normalized spacial score (nSPS) is 31.1. The molecule has 8 heteroatoms. The molecule has 2 bridgehead atoms. The van der Waals surface area contributed by atoms with Gasteiger partial charge in [0.2, 0.25) is 0 Å². The van der Waals surface area contributed by atoms with E-state index in [1.54, 1.807) is 0 Å². The van der Waals surface area contributed by atoms with Crippen molar-refractivity contribution >= 4 is 0 Å². The molecule has 1 heterocycles. The molecule has 152 valence electrons. The van der Waals surface area contributed by atoms with E-state index in [1.807, 2.05) is 60.7 Å². The fourth-order valence-electron chi connectivity index (χ4n) is 3.85. The second-order valence-corrected chi connectivity index (χ2v) is 7.09. The third kappa shape index (κ3) is 4.43. The summed E-state index contributed by atoms with van der Waals surface area (Å²) in [5.41, 5.74) is 11.1. The van der Waals surface area contributed by atoms with E-state index in [4.69, 9.17) is 24.5 Å². The Bertz CT molecular complexity index is 771. The Kier molecular flexibility index (Phi) is 6.41. The van der Waals surface area contributed by atoms with Gasteiger partial charge in [-0.3, -0.25) is 0 Å². The molecule has 1 aliphatic carbocycles. The SMILES string of the molecule is [N-]=[N+]=NC1[C@@H](OCc2ccccc2)[C@@H]2OCO[C@@H](C2O)[C@H]1OCc1ccccc1. The quantitative estimate of drug-likeness (QED) is 0.439. The van der Waals surface area contributed by atoms with Gasteiger partial charge in [0.05, 0.1) is 31.5 Å². The fraction of sp³-hybridized carbons (Fsp3) is 0.429. The van der Waals surface area contributed by atoms with Crippen LogP contribution in [0.3, 0.4) is 0 Å². The maximum Gasteiger partial charge on any atom is 0.148 e. The molecule has 8 nitrogen and oxygen atoms in total. The van der Waals surface area contributed by atoms with Crippen LogP contribution in [0.15, 0.2) is 65.8 Å². The predicted molar refractivity (Wildman–Crippen MR) is 104 cm³/mol. The van der Waals surface area contributed by atoms with E-state index in [-0.39, 0.29) is 6.79 Å². The van der Waals surface area contributed by atoms with Gasteiger partial charge in [-0.1, -0.05) is 65.8 Å². The molecule has 2 fully saturated rings. The average Bonchev–Trinajstić information content (AvgIpc) is 2.76. The Hall–Kier alpha value is -2.45. The highest BCUT2D eigenvalue weighted by molar-refractivity contribution is 5.15. The van der Waals surface area contributed by atoms with E-state index >= 15 is 0 Å². The molecule has 2 unspecified atom stereocenters. The Morgan fingerprint density at radius 3 is 1.83 bits per heavy atom. The zero-order valence-corrected chi connectivity index (χ0v) is 15.8. The van der Waals surface area contributed by atoms with Crippen LogP contribution in [0.2, 0.25) is 0 Å². The lowest BCUT2D eigenvalue weighted by Gasteiger charge is -2.49. The van der Waals surface area contributed by atoms with Crippen LogP contribution in [0.1, 0.15) is 11.1 Å². The van der Waals surface area contributed by atoms with E-state index in [2.05, 4.69) is 10.0 Å². The molecule has 4 rings (SSSR count). The topological polar surface area (TPSA) is 106 Å². The Morgan fingerprint density at radius 2 is 1.38 bits per heavy atom. The lowest BCUT2D eigenvalue weighted by molar-refractivity contribution is -0.311. The van der Waals surface area contributed by atoms with Crippen molar-refractivity contribution in [3.05, 3.63) is 82.2 Å². The summed E-state index contributed by atoms with van der Waals surface area (Å²) in [7, 11) is 0. The monoisotopic (exact) mass is 397 g/mol. The van der Waals surface area contributed by atoms with E-state index in [0.717, 1.165) is 11.1 Å². The van der Waals surface area contributed by atoms with Crippen molar-refractivity contribution < 1.29 is 24.1 Å². The third-order valence-corrected chi connectivity index (χ3v) is 5.27. The molecule has 0 amide bonds. The molecule has 2 aromatic carbocycles. The van der Waals surface area contributed by atoms with Gasteiger partial charge in [-0.2, -0.15) is 0 Å². The maximum atomic E-state index is 10.8. The average molecular weight is 397 g/mol. The third-order valence-electron chi connectivity index (χ3n) is 5.27. The van der Waals surface area contributed by atoms with Gasteiger partial charge in [0, 0.05) is 4.91 Å². The van der Waals surface area contributed by atoms with Crippen LogP contribution in [0.5, 0.6) is 0 Å². The van der Waals surface area contributed by atoms with Crippen molar-refractivity contribution in [2.75, 3.05) is 6.79 Å². The van der Waals surface area contributed by atoms with Crippen LogP contribution in [0.25, 0.3) is 10.4 Å². The number of rotatable bonds is 7. The second-order valence-electron chi connectivity index (χ2n) is 7.09. The summed E-state index contributed by atoms with van der Waals surface area (Å²) < 4.78 is 23.4.